The molecule has 102 valence electrons. The molecule has 0 unspecified atom stereocenters. The molecule has 0 radical (unpaired) electrons. The number of H-pyrrole nitrogens is 3. The Balaban J connectivity index is 1.74. The van der Waals surface area contributed by atoms with Gasteiger partial charge in [0.15, 0.2) is 10.9 Å². The number of hydrogen-bond acceptors (Lipinski definition) is 4. The lowest BCUT2D eigenvalue weighted by atomic mass is 10.3. The highest BCUT2D eigenvalue weighted by atomic mass is 32.2. The Morgan fingerprint density at radius 2 is 2.05 bits per heavy atom. The van der Waals surface area contributed by atoms with Gasteiger partial charge in [-0.05, 0) is 19.1 Å². The number of carbonyl (C=O) groups excluding carboxylic acids is 1. The first-order valence-corrected chi connectivity index (χ1v) is 7.01. The highest BCUT2D eigenvalue weighted by Crippen LogP contribution is 2.20. The summed E-state index contributed by atoms with van der Waals surface area (Å²) in [7, 11) is 0. The second-order valence-corrected chi connectivity index (χ2v) is 5.31. The van der Waals surface area contributed by atoms with Gasteiger partial charge in [0, 0.05) is 5.69 Å². The van der Waals surface area contributed by atoms with Crippen LogP contribution in [0, 0.1) is 6.92 Å². The fourth-order valence-corrected chi connectivity index (χ4v) is 2.71. The molecule has 0 atom stereocenters. The van der Waals surface area contributed by atoms with E-state index in [-0.39, 0.29) is 17.2 Å². The maximum Gasteiger partial charge on any atom is 0.323 e. The zero-order valence-corrected chi connectivity index (χ0v) is 11.5. The van der Waals surface area contributed by atoms with Gasteiger partial charge in [-0.2, -0.15) is 0 Å². The van der Waals surface area contributed by atoms with Gasteiger partial charge >= 0.3 is 5.69 Å². The third-order valence-electron chi connectivity index (χ3n) is 2.90. The first-order valence-electron chi connectivity index (χ1n) is 6.03. The number of Topliss-reactive ketones (excluding diaryl/α,β-unsaturated/α-hetero) is 1. The number of nitrogens with one attached hydrogen (secondary N) is 3. The Labute approximate surface area is 118 Å². The minimum Gasteiger partial charge on any atom is -0.333 e. The molecule has 0 fully saturated rings. The van der Waals surface area contributed by atoms with Gasteiger partial charge in [0.1, 0.15) is 5.69 Å². The number of carbonyl (C=O) groups is 1. The number of rotatable bonds is 4. The topological polar surface area (TPSA) is 94.4 Å². The Bertz CT molecular complexity index is 797. The van der Waals surface area contributed by atoms with Gasteiger partial charge in [0.25, 0.3) is 0 Å². The van der Waals surface area contributed by atoms with Crippen LogP contribution in [-0.4, -0.2) is 31.5 Å². The number of aromatic amines is 3. The predicted octanol–water partition coefficient (Wildman–Crippen LogP) is 1.86. The summed E-state index contributed by atoms with van der Waals surface area (Å²) >= 11 is 1.31. The summed E-state index contributed by atoms with van der Waals surface area (Å²) in [5.74, 6) is 0.0837. The molecule has 3 N–H and O–H groups in total. The van der Waals surface area contributed by atoms with E-state index in [0.717, 1.165) is 11.0 Å². The van der Waals surface area contributed by atoms with Crippen molar-refractivity contribution >= 4 is 28.6 Å². The maximum absolute atomic E-state index is 12.0. The third kappa shape index (κ3) is 2.39. The van der Waals surface area contributed by atoms with Crippen LogP contribution >= 0.6 is 11.8 Å². The first-order chi connectivity index (χ1) is 9.63. The Kier molecular flexibility index (Phi) is 3.19. The summed E-state index contributed by atoms with van der Waals surface area (Å²) in [4.78, 5) is 35.7. The van der Waals surface area contributed by atoms with Gasteiger partial charge in [0.05, 0.1) is 16.8 Å². The van der Waals surface area contributed by atoms with Crippen molar-refractivity contribution in [2.75, 3.05) is 5.75 Å². The maximum atomic E-state index is 12.0. The molecule has 0 amide bonds. The standard InChI is InChI=1S/C13H12N4O2S/c1-7-11(17-12(19)14-7)10(18)6-20-13-15-8-4-2-3-5-9(8)16-13/h2-5H,6H2,1H3,(H,15,16)(H2,14,17,19). The normalized spacial score (nSPS) is 11.1. The van der Waals surface area contributed by atoms with E-state index in [4.69, 9.17) is 0 Å². The number of ketones is 1. The third-order valence-corrected chi connectivity index (χ3v) is 3.77. The predicted molar refractivity (Wildman–Crippen MR) is 77.3 cm³/mol. The molecule has 0 spiro atoms. The van der Waals surface area contributed by atoms with Gasteiger partial charge in [-0.15, -0.1) is 0 Å². The van der Waals surface area contributed by atoms with E-state index in [1.54, 1.807) is 6.92 Å². The zero-order valence-electron chi connectivity index (χ0n) is 10.7. The van der Waals surface area contributed by atoms with E-state index >= 15 is 0 Å². The van der Waals surface area contributed by atoms with Crippen molar-refractivity contribution in [1.29, 1.82) is 0 Å². The van der Waals surface area contributed by atoms with E-state index in [2.05, 4.69) is 19.9 Å². The Morgan fingerprint density at radius 3 is 2.75 bits per heavy atom. The van der Waals surface area contributed by atoms with Gasteiger partial charge in [-0.1, -0.05) is 23.9 Å². The lowest BCUT2D eigenvalue weighted by Crippen LogP contribution is -2.07. The zero-order chi connectivity index (χ0) is 14.1. The van der Waals surface area contributed by atoms with Crippen molar-refractivity contribution < 1.29 is 4.79 Å². The number of hydrogen-bond donors (Lipinski definition) is 3. The summed E-state index contributed by atoms with van der Waals surface area (Å²) in [6.07, 6.45) is 0. The molecular weight excluding hydrogens is 276 g/mol. The van der Waals surface area contributed by atoms with Crippen LogP contribution in [0.3, 0.4) is 0 Å². The summed E-state index contributed by atoms with van der Waals surface area (Å²) in [5, 5.41) is 0.690. The molecular formula is C13H12N4O2S. The van der Waals surface area contributed by atoms with Gasteiger partial charge in [-0.3, -0.25) is 4.79 Å². The molecule has 7 heteroatoms. The fraction of sp³-hybridized carbons (Fsp3) is 0.154. The van der Waals surface area contributed by atoms with Crippen molar-refractivity contribution in [3.05, 3.63) is 46.1 Å². The van der Waals surface area contributed by atoms with Crippen molar-refractivity contribution in [1.82, 2.24) is 19.9 Å². The average Bonchev–Trinajstić information content (AvgIpc) is 2.98. The van der Waals surface area contributed by atoms with Crippen LogP contribution < -0.4 is 5.69 Å². The van der Waals surface area contributed by atoms with E-state index in [1.807, 2.05) is 24.3 Å². The van der Waals surface area contributed by atoms with E-state index < -0.39 is 0 Å². The second-order valence-electron chi connectivity index (χ2n) is 4.35. The van der Waals surface area contributed by atoms with Crippen LogP contribution in [0.4, 0.5) is 0 Å². The molecule has 0 aliphatic rings. The van der Waals surface area contributed by atoms with Crippen molar-refractivity contribution in [3.63, 3.8) is 0 Å². The number of benzene rings is 1. The number of aromatic nitrogens is 4. The summed E-state index contributed by atoms with van der Waals surface area (Å²) in [6.45, 7) is 1.69. The second kappa shape index (κ2) is 5.01. The minimum absolute atomic E-state index is 0.133. The van der Waals surface area contributed by atoms with Crippen LogP contribution in [-0.2, 0) is 0 Å². The summed E-state index contributed by atoms with van der Waals surface area (Å²) in [6, 6.07) is 7.68. The molecule has 6 nitrogen and oxygen atoms in total. The largest absolute Gasteiger partial charge is 0.333 e. The van der Waals surface area contributed by atoms with Crippen LogP contribution in [0.2, 0.25) is 0 Å². The Hall–Kier alpha value is -2.28. The lowest BCUT2D eigenvalue weighted by Gasteiger charge is -1.97. The quantitative estimate of drug-likeness (QED) is 0.504. The molecule has 3 rings (SSSR count). The molecule has 20 heavy (non-hydrogen) atoms. The van der Waals surface area contributed by atoms with Crippen LogP contribution in [0.5, 0.6) is 0 Å². The van der Waals surface area contributed by atoms with E-state index in [9.17, 15) is 9.59 Å². The molecule has 2 aromatic heterocycles. The average molecular weight is 288 g/mol. The number of nitrogens with zero attached hydrogens (tertiary/aromatic N) is 1. The molecule has 0 saturated carbocycles. The molecule has 0 aliphatic carbocycles. The minimum atomic E-state index is -0.361. The van der Waals surface area contributed by atoms with Crippen LogP contribution in [0.15, 0.2) is 34.2 Å². The van der Waals surface area contributed by atoms with Crippen molar-refractivity contribution in [3.8, 4) is 0 Å². The molecule has 3 aromatic rings. The number of para-hydroxylation sites is 2. The summed E-state index contributed by atoms with van der Waals surface area (Å²) in [5.41, 5.74) is 2.34. The van der Waals surface area contributed by atoms with E-state index in [1.165, 1.54) is 11.8 Å². The molecule has 0 aliphatic heterocycles. The number of imidazole rings is 2. The number of fused-ring (bicyclic) bond motifs is 1. The van der Waals surface area contributed by atoms with E-state index in [0.29, 0.717) is 16.5 Å². The number of aryl methyl sites for hydroxylation is 1. The molecule has 0 saturated heterocycles. The number of thioether (sulfide) groups is 1. The smallest absolute Gasteiger partial charge is 0.323 e. The van der Waals surface area contributed by atoms with Crippen LogP contribution in [0.1, 0.15) is 16.2 Å². The molecule has 2 heterocycles. The van der Waals surface area contributed by atoms with Gasteiger partial charge in [-0.25, -0.2) is 9.78 Å². The van der Waals surface area contributed by atoms with Gasteiger partial charge < -0.3 is 15.0 Å². The highest BCUT2D eigenvalue weighted by Gasteiger charge is 2.13. The molecule has 1 aromatic carbocycles. The fourth-order valence-electron chi connectivity index (χ4n) is 1.95. The first kappa shape index (κ1) is 12.7. The van der Waals surface area contributed by atoms with Crippen LogP contribution in [0.25, 0.3) is 11.0 Å². The summed E-state index contributed by atoms with van der Waals surface area (Å²) < 4.78 is 0. The highest BCUT2D eigenvalue weighted by molar-refractivity contribution is 7.99. The van der Waals surface area contributed by atoms with Crippen molar-refractivity contribution in [2.45, 2.75) is 12.1 Å². The Morgan fingerprint density at radius 1 is 1.25 bits per heavy atom. The van der Waals surface area contributed by atoms with Gasteiger partial charge in [0.2, 0.25) is 0 Å². The lowest BCUT2D eigenvalue weighted by molar-refractivity contribution is 0.101. The SMILES string of the molecule is Cc1[nH]c(=O)[nH]c1C(=O)CSc1nc2ccccc2[nH]1. The monoisotopic (exact) mass is 288 g/mol. The molecule has 0 bridgehead atoms. The van der Waals surface area contributed by atoms with Crippen molar-refractivity contribution in [2.24, 2.45) is 0 Å².